The molecule has 0 spiro atoms. The van der Waals surface area contributed by atoms with E-state index in [4.69, 9.17) is 0 Å². The number of rotatable bonds is 5. The molecule has 0 unspecified atom stereocenters. The number of Topliss-reactive ketones (excluding diaryl/α,β-unsaturated/α-hetero) is 1. The number of aliphatic hydroxyl groups is 4. The Morgan fingerprint density at radius 2 is 1.44 bits per heavy atom. The number of benzene rings is 2. The van der Waals surface area contributed by atoms with Crippen LogP contribution in [0.15, 0.2) is 42.5 Å². The minimum Gasteiger partial charge on any atom is -0.391 e. The van der Waals surface area contributed by atoms with Crippen molar-refractivity contribution in [3.63, 3.8) is 0 Å². The molecule has 7 nitrogen and oxygen atoms in total. The van der Waals surface area contributed by atoms with E-state index in [2.05, 4.69) is 9.97 Å². The van der Waals surface area contributed by atoms with E-state index in [1.807, 2.05) is 6.07 Å². The zero-order valence-electron chi connectivity index (χ0n) is 13.4. The van der Waals surface area contributed by atoms with E-state index in [0.29, 0.717) is 22.1 Å². The molecule has 1 aromatic heterocycles. The van der Waals surface area contributed by atoms with Crippen LogP contribution in [0.3, 0.4) is 0 Å². The van der Waals surface area contributed by atoms with Gasteiger partial charge in [0.2, 0.25) is 0 Å². The van der Waals surface area contributed by atoms with Gasteiger partial charge in [-0.3, -0.25) is 4.79 Å². The summed E-state index contributed by atoms with van der Waals surface area (Å²) in [5.41, 5.74) is 2.12. The van der Waals surface area contributed by atoms with Crippen molar-refractivity contribution in [3.05, 3.63) is 48.0 Å². The van der Waals surface area contributed by atoms with Crippen LogP contribution >= 0.6 is 0 Å². The molecule has 4 atom stereocenters. The van der Waals surface area contributed by atoms with Crippen LogP contribution in [0.1, 0.15) is 17.3 Å². The van der Waals surface area contributed by atoms with E-state index in [1.165, 1.54) is 13.0 Å². The van der Waals surface area contributed by atoms with Crippen molar-refractivity contribution < 1.29 is 25.2 Å². The van der Waals surface area contributed by atoms with E-state index in [1.54, 1.807) is 30.3 Å². The Hall–Kier alpha value is -2.45. The molecule has 7 heteroatoms. The Morgan fingerprint density at radius 1 is 0.840 bits per heavy atom. The molecule has 4 N–H and O–H groups in total. The zero-order chi connectivity index (χ0) is 18.1. The summed E-state index contributed by atoms with van der Waals surface area (Å²) in [5, 5.41) is 39.0. The Bertz CT molecular complexity index is 928. The van der Waals surface area contributed by atoms with Gasteiger partial charge in [-0.2, -0.15) is 0 Å². The second-order valence-electron chi connectivity index (χ2n) is 5.92. The minimum atomic E-state index is -1.90. The van der Waals surface area contributed by atoms with Crippen LogP contribution in [0.25, 0.3) is 22.1 Å². The standard InChI is InChI=1S/C18H18N2O5/c1-9(21)15(22)17(24)18(25)16(23)10-5-4-8-13-14(10)20-12-7-3-2-6-11(12)19-13/h2-9,15,17-18,21-22,24-25H,1H3/t9-,15-,17+,18+/m1/s1. The molecular weight excluding hydrogens is 324 g/mol. The normalized spacial score (nSPS) is 16.5. The smallest absolute Gasteiger partial charge is 0.196 e. The molecule has 0 saturated carbocycles. The Labute approximate surface area is 143 Å². The Kier molecular flexibility index (Phi) is 4.73. The third kappa shape index (κ3) is 3.22. The molecule has 0 saturated heterocycles. The first-order valence-electron chi connectivity index (χ1n) is 7.82. The van der Waals surface area contributed by atoms with Gasteiger partial charge in [-0.25, -0.2) is 9.97 Å². The van der Waals surface area contributed by atoms with Gasteiger partial charge in [0.15, 0.2) is 5.78 Å². The number of hydrogen-bond acceptors (Lipinski definition) is 7. The molecule has 130 valence electrons. The maximum absolute atomic E-state index is 12.6. The van der Waals surface area contributed by atoms with Gasteiger partial charge in [-0.05, 0) is 31.2 Å². The number of fused-ring (bicyclic) bond motifs is 2. The average molecular weight is 342 g/mol. The molecule has 0 aliphatic rings. The molecule has 1 heterocycles. The molecule has 2 aromatic carbocycles. The van der Waals surface area contributed by atoms with Crippen molar-refractivity contribution in [2.45, 2.75) is 31.3 Å². The first kappa shape index (κ1) is 17.4. The van der Waals surface area contributed by atoms with Crippen LogP contribution in [0, 0.1) is 0 Å². The van der Waals surface area contributed by atoms with Gasteiger partial charge < -0.3 is 20.4 Å². The summed E-state index contributed by atoms with van der Waals surface area (Å²) in [6.07, 6.45) is -6.67. The highest BCUT2D eigenvalue weighted by atomic mass is 16.4. The molecule has 0 aliphatic heterocycles. The quantitative estimate of drug-likeness (QED) is 0.391. The lowest BCUT2D eigenvalue weighted by Gasteiger charge is -2.24. The number of para-hydroxylation sites is 3. The van der Waals surface area contributed by atoms with Gasteiger partial charge in [0.25, 0.3) is 0 Å². The summed E-state index contributed by atoms with van der Waals surface area (Å²) in [6, 6.07) is 11.9. The number of hydrogen-bond donors (Lipinski definition) is 4. The molecule has 0 bridgehead atoms. The first-order valence-corrected chi connectivity index (χ1v) is 7.82. The van der Waals surface area contributed by atoms with Crippen molar-refractivity contribution >= 4 is 27.9 Å². The average Bonchev–Trinajstić information content (AvgIpc) is 2.63. The topological polar surface area (TPSA) is 124 Å². The van der Waals surface area contributed by atoms with Gasteiger partial charge >= 0.3 is 0 Å². The van der Waals surface area contributed by atoms with E-state index in [9.17, 15) is 25.2 Å². The number of carbonyl (C=O) groups excluding carboxylic acids is 1. The second kappa shape index (κ2) is 6.81. The third-order valence-corrected chi connectivity index (χ3v) is 4.07. The number of aliphatic hydroxyl groups excluding tert-OH is 4. The second-order valence-corrected chi connectivity index (χ2v) is 5.92. The van der Waals surface area contributed by atoms with Gasteiger partial charge in [0, 0.05) is 5.56 Å². The van der Waals surface area contributed by atoms with Gasteiger partial charge in [-0.1, -0.05) is 18.2 Å². The minimum absolute atomic E-state index is 0.0834. The largest absolute Gasteiger partial charge is 0.391 e. The molecule has 25 heavy (non-hydrogen) atoms. The lowest BCUT2D eigenvalue weighted by Crippen LogP contribution is -2.46. The van der Waals surface area contributed by atoms with Crippen LogP contribution < -0.4 is 0 Å². The molecular formula is C18H18N2O5. The van der Waals surface area contributed by atoms with Crippen molar-refractivity contribution in [1.29, 1.82) is 0 Å². The summed E-state index contributed by atoms with van der Waals surface area (Å²) in [7, 11) is 0. The number of aromatic nitrogens is 2. The lowest BCUT2D eigenvalue weighted by atomic mass is 9.96. The Morgan fingerprint density at radius 3 is 2.08 bits per heavy atom. The van der Waals surface area contributed by atoms with Crippen molar-refractivity contribution in [3.8, 4) is 0 Å². The fourth-order valence-corrected chi connectivity index (χ4v) is 2.63. The summed E-state index contributed by atoms with van der Waals surface area (Å²) in [5.74, 6) is -0.803. The van der Waals surface area contributed by atoms with E-state index in [0.717, 1.165) is 0 Å². The predicted molar refractivity (Wildman–Crippen MR) is 91.1 cm³/mol. The van der Waals surface area contributed by atoms with E-state index in [-0.39, 0.29) is 5.56 Å². The van der Waals surface area contributed by atoms with Crippen LogP contribution in [0.4, 0.5) is 0 Å². The number of ketones is 1. The van der Waals surface area contributed by atoms with Crippen molar-refractivity contribution in [1.82, 2.24) is 9.97 Å². The van der Waals surface area contributed by atoms with Gasteiger partial charge in [0.05, 0.1) is 22.7 Å². The fraction of sp³-hybridized carbons (Fsp3) is 0.278. The third-order valence-electron chi connectivity index (χ3n) is 4.07. The molecule has 0 radical (unpaired) electrons. The highest BCUT2D eigenvalue weighted by Gasteiger charge is 2.34. The van der Waals surface area contributed by atoms with Crippen LogP contribution in [0.2, 0.25) is 0 Å². The number of carbonyl (C=O) groups is 1. The SMILES string of the molecule is C[C@@H](O)[C@@H](O)[C@H](O)[C@@H](O)C(=O)c1cccc2nc3ccccc3nc12. The molecule has 0 amide bonds. The molecule has 0 fully saturated rings. The Balaban J connectivity index is 2.05. The number of nitrogens with zero attached hydrogens (tertiary/aromatic N) is 2. The maximum atomic E-state index is 12.6. The molecule has 0 aliphatic carbocycles. The summed E-state index contributed by atoms with van der Waals surface area (Å²) < 4.78 is 0. The van der Waals surface area contributed by atoms with Gasteiger partial charge in [-0.15, -0.1) is 0 Å². The predicted octanol–water partition coefficient (Wildman–Crippen LogP) is 0.429. The van der Waals surface area contributed by atoms with Crippen molar-refractivity contribution in [2.75, 3.05) is 0 Å². The summed E-state index contributed by atoms with van der Waals surface area (Å²) in [4.78, 5) is 21.5. The van der Waals surface area contributed by atoms with E-state index >= 15 is 0 Å². The summed E-state index contributed by atoms with van der Waals surface area (Å²) >= 11 is 0. The van der Waals surface area contributed by atoms with E-state index < -0.39 is 30.2 Å². The highest BCUT2D eigenvalue weighted by molar-refractivity contribution is 6.09. The zero-order valence-corrected chi connectivity index (χ0v) is 13.4. The molecule has 3 aromatic rings. The van der Waals surface area contributed by atoms with Crippen LogP contribution in [-0.4, -0.2) is 60.6 Å². The monoisotopic (exact) mass is 342 g/mol. The highest BCUT2D eigenvalue weighted by Crippen LogP contribution is 2.21. The van der Waals surface area contributed by atoms with Crippen LogP contribution in [-0.2, 0) is 0 Å². The summed E-state index contributed by atoms with van der Waals surface area (Å²) in [6.45, 7) is 1.25. The van der Waals surface area contributed by atoms with Gasteiger partial charge in [0.1, 0.15) is 23.8 Å². The first-order chi connectivity index (χ1) is 11.9. The fourth-order valence-electron chi connectivity index (χ4n) is 2.63. The van der Waals surface area contributed by atoms with Crippen molar-refractivity contribution in [2.24, 2.45) is 0 Å². The molecule has 3 rings (SSSR count). The maximum Gasteiger partial charge on any atom is 0.196 e. The van der Waals surface area contributed by atoms with Crippen LogP contribution in [0.5, 0.6) is 0 Å². The lowest BCUT2D eigenvalue weighted by molar-refractivity contribution is -0.0893.